The van der Waals surface area contributed by atoms with Crippen molar-refractivity contribution in [3.8, 4) is 0 Å². The van der Waals surface area contributed by atoms with E-state index < -0.39 is 57.6 Å². The molecule has 30 heavy (non-hydrogen) atoms. The van der Waals surface area contributed by atoms with E-state index in [1.165, 1.54) is 0 Å². The molecule has 1 heterocycles. The van der Waals surface area contributed by atoms with Gasteiger partial charge in [0.1, 0.15) is 0 Å². The Morgan fingerprint density at radius 3 is 1.50 bits per heavy atom. The molecule has 1 aliphatic heterocycles. The van der Waals surface area contributed by atoms with Gasteiger partial charge in [0.15, 0.2) is 0 Å². The van der Waals surface area contributed by atoms with Crippen LogP contribution < -0.4 is 0 Å². The lowest BCUT2D eigenvalue weighted by Gasteiger charge is -2.53. The van der Waals surface area contributed by atoms with Gasteiger partial charge >= 0.3 is 52.5 Å². The number of halogens is 15. The number of ether oxygens (including phenoxy) is 2. The fourth-order valence-corrected chi connectivity index (χ4v) is 1.89. The van der Waals surface area contributed by atoms with E-state index in [2.05, 4.69) is 4.84 Å². The van der Waals surface area contributed by atoms with Crippen LogP contribution in [0, 0.1) is 0 Å². The van der Waals surface area contributed by atoms with E-state index in [4.69, 9.17) is 0 Å². The van der Waals surface area contributed by atoms with Gasteiger partial charge in [-0.2, -0.15) is 52.1 Å². The van der Waals surface area contributed by atoms with Crippen LogP contribution in [-0.4, -0.2) is 55.9 Å². The van der Waals surface area contributed by atoms with Gasteiger partial charge in [0.2, 0.25) is 0 Å². The third kappa shape index (κ3) is 4.79. The molecule has 7 nitrogen and oxygen atoms in total. The quantitative estimate of drug-likeness (QED) is 0.234. The summed E-state index contributed by atoms with van der Waals surface area (Å²) in [5.74, 6) is -13.6. The van der Waals surface area contributed by atoms with Crippen molar-refractivity contribution >= 4 is 10.1 Å². The summed E-state index contributed by atoms with van der Waals surface area (Å²) in [6.45, 7) is 0. The topological polar surface area (TPSA) is 74.3 Å². The zero-order valence-corrected chi connectivity index (χ0v) is 13.3. The first-order valence-electron chi connectivity index (χ1n) is 5.89. The van der Waals surface area contributed by atoms with E-state index in [1.807, 2.05) is 4.74 Å². The van der Waals surface area contributed by atoms with Crippen LogP contribution in [0.15, 0.2) is 0 Å². The Labute approximate surface area is 151 Å². The van der Waals surface area contributed by atoms with Crippen LogP contribution in [0.25, 0.3) is 0 Å². The van der Waals surface area contributed by atoms with Crippen LogP contribution >= 0.6 is 0 Å². The highest BCUT2D eigenvalue weighted by atomic mass is 32.2. The van der Waals surface area contributed by atoms with Crippen LogP contribution in [0.5, 0.6) is 0 Å². The van der Waals surface area contributed by atoms with Crippen LogP contribution in [0.4, 0.5) is 65.9 Å². The molecule has 0 N–H and O–H groups in total. The van der Waals surface area contributed by atoms with Crippen molar-refractivity contribution in [2.24, 2.45) is 0 Å². The van der Waals surface area contributed by atoms with Gasteiger partial charge in [-0.3, -0.25) is 0 Å². The van der Waals surface area contributed by atoms with Crippen LogP contribution in [0.1, 0.15) is 0 Å². The Hall–Kier alpha value is -1.30. The monoisotopic (exact) mass is 511 g/mol. The first-order valence-corrected chi connectivity index (χ1v) is 7.30. The molecule has 0 spiro atoms. The molecule has 0 radical (unpaired) electrons. The summed E-state index contributed by atoms with van der Waals surface area (Å²) in [5.41, 5.74) is -6.94. The Bertz CT molecular complexity index is 759. The van der Waals surface area contributed by atoms with E-state index in [9.17, 15) is 74.3 Å². The van der Waals surface area contributed by atoms with Crippen LogP contribution in [0.2, 0.25) is 0 Å². The molecule has 0 aromatic carbocycles. The van der Waals surface area contributed by atoms with E-state index in [0.717, 1.165) is 0 Å². The predicted octanol–water partition coefficient (Wildman–Crippen LogP) is 3.60. The highest BCUT2D eigenvalue weighted by Gasteiger charge is 2.88. The van der Waals surface area contributed by atoms with Gasteiger partial charge in [-0.15, -0.1) is 26.3 Å². The number of rotatable bonds is 6. The molecule has 1 saturated heterocycles. The molecule has 1 aliphatic rings. The lowest BCUT2D eigenvalue weighted by Crippen LogP contribution is -2.82. The average Bonchev–Trinajstić information content (AvgIpc) is 2.38. The van der Waals surface area contributed by atoms with Gasteiger partial charge < -0.3 is 0 Å². The number of hydrogen-bond acceptors (Lipinski definition) is 7. The van der Waals surface area contributed by atoms with Gasteiger partial charge in [0.25, 0.3) is 0 Å². The Morgan fingerprint density at radius 2 is 1.20 bits per heavy atom. The highest BCUT2D eigenvalue weighted by molar-refractivity contribution is 7.87. The smallest absolute Gasteiger partial charge is 0.231 e. The predicted molar refractivity (Wildman–Crippen MR) is 50.8 cm³/mol. The molecular formula is C7F15NO6S. The maximum atomic E-state index is 14.2. The van der Waals surface area contributed by atoms with Crippen LogP contribution in [0.3, 0.4) is 0 Å². The zero-order chi connectivity index (χ0) is 24.4. The molecule has 1 fully saturated rings. The van der Waals surface area contributed by atoms with Crippen molar-refractivity contribution in [3.63, 3.8) is 0 Å². The molecule has 2 unspecified atom stereocenters. The minimum Gasteiger partial charge on any atom is -0.231 e. The van der Waals surface area contributed by atoms with Crippen molar-refractivity contribution in [1.29, 1.82) is 0 Å². The Balaban J connectivity index is 3.59. The molecule has 0 bridgehead atoms. The summed E-state index contributed by atoms with van der Waals surface area (Å²) in [5, 5.41) is -3.02. The largest absolute Gasteiger partial charge is 0.526 e. The third-order valence-corrected chi connectivity index (χ3v) is 3.44. The van der Waals surface area contributed by atoms with E-state index in [-0.39, 0.29) is 0 Å². The van der Waals surface area contributed by atoms with E-state index in [0.29, 0.717) is 0 Å². The molecule has 1 rings (SSSR count). The maximum absolute atomic E-state index is 14.2. The van der Waals surface area contributed by atoms with Crippen LogP contribution in [-0.2, 0) is 28.6 Å². The number of nitrogens with zero attached hydrogens (tertiary/aromatic N) is 1. The van der Waals surface area contributed by atoms with Crippen molar-refractivity contribution in [2.75, 3.05) is 0 Å². The standard InChI is InChI=1S/C7F15NO6S/c8-1(9)3(12,26-5(14,15)16)23(28-1)4(13,27-6(17,18)19)2(10,11)29-30(24,25)7(20,21)22. The second-order valence-electron chi connectivity index (χ2n) is 4.62. The second kappa shape index (κ2) is 6.85. The summed E-state index contributed by atoms with van der Waals surface area (Å²) in [6, 6.07) is 0. The zero-order valence-electron chi connectivity index (χ0n) is 12.5. The molecule has 0 aliphatic carbocycles. The average molecular weight is 511 g/mol. The number of alkyl halides is 15. The van der Waals surface area contributed by atoms with E-state index >= 15 is 0 Å². The summed E-state index contributed by atoms with van der Waals surface area (Å²) in [7, 11) is -7.81. The SMILES string of the molecule is O=S(=O)(OC(F)(F)C(F)(OC(F)(F)F)N1OC(F)(F)C1(F)OC(F)(F)F)C(F)(F)F. The molecule has 0 saturated carbocycles. The Morgan fingerprint density at radius 1 is 0.767 bits per heavy atom. The Kier molecular flexibility index (Phi) is 6.10. The molecule has 180 valence electrons. The molecule has 0 amide bonds. The van der Waals surface area contributed by atoms with Gasteiger partial charge in [0.05, 0.1) is 0 Å². The summed E-state index contributed by atoms with van der Waals surface area (Å²) in [6.07, 6.45) is -27.2. The van der Waals surface area contributed by atoms with Crippen molar-refractivity contribution in [3.05, 3.63) is 0 Å². The number of hydrogen-bond donors (Lipinski definition) is 0. The molecule has 2 atom stereocenters. The van der Waals surface area contributed by atoms with Gasteiger partial charge in [0, 0.05) is 0 Å². The molecule has 0 aromatic rings. The first-order chi connectivity index (χ1) is 12.7. The summed E-state index contributed by atoms with van der Waals surface area (Å²) >= 11 is 0. The molecular weight excluding hydrogens is 511 g/mol. The highest BCUT2D eigenvalue weighted by Crippen LogP contribution is 2.58. The lowest BCUT2D eigenvalue weighted by atomic mass is 10.3. The first kappa shape index (κ1) is 26.7. The summed E-state index contributed by atoms with van der Waals surface area (Å²) < 4.78 is 216. The fourth-order valence-electron chi connectivity index (χ4n) is 1.42. The van der Waals surface area contributed by atoms with Crippen molar-refractivity contribution < 1.29 is 92.8 Å². The molecule has 23 heteroatoms. The van der Waals surface area contributed by atoms with Gasteiger partial charge in [-0.25, -0.2) is 14.3 Å². The third-order valence-electron chi connectivity index (χ3n) is 2.45. The molecule has 0 aromatic heterocycles. The van der Waals surface area contributed by atoms with Gasteiger partial charge in [-0.1, -0.05) is 0 Å². The fraction of sp³-hybridized carbons (Fsp3) is 1.00. The second-order valence-corrected chi connectivity index (χ2v) is 6.16. The normalized spacial score (nSPS) is 26.2. The van der Waals surface area contributed by atoms with Crippen molar-refractivity contribution in [1.82, 2.24) is 5.06 Å². The number of hydroxylamine groups is 2. The van der Waals surface area contributed by atoms with Crippen molar-refractivity contribution in [2.45, 2.75) is 42.4 Å². The minimum absolute atomic E-state index is 1.76. The lowest BCUT2D eigenvalue weighted by molar-refractivity contribution is -0.705. The minimum atomic E-state index is -7.81. The summed E-state index contributed by atoms with van der Waals surface area (Å²) in [4.78, 5) is 2.35. The van der Waals surface area contributed by atoms with Gasteiger partial charge in [-0.05, 0) is 5.06 Å². The maximum Gasteiger partial charge on any atom is 0.526 e. The van der Waals surface area contributed by atoms with E-state index in [1.54, 1.807) is 8.92 Å².